The fourth-order valence-electron chi connectivity index (χ4n) is 3.52. The summed E-state index contributed by atoms with van der Waals surface area (Å²) in [5, 5.41) is 10.7. The Kier molecular flexibility index (Phi) is 5.68. The Labute approximate surface area is 149 Å². The molecular formula is C19H27N5O. The number of amides is 2. The average Bonchev–Trinajstić information content (AvgIpc) is 2.91. The number of nitrogens with one attached hydrogen (secondary N) is 2. The predicted octanol–water partition coefficient (Wildman–Crippen LogP) is 3.06. The van der Waals surface area contributed by atoms with Crippen molar-refractivity contribution in [3.05, 3.63) is 41.3 Å². The highest BCUT2D eigenvalue weighted by Gasteiger charge is 2.16. The molecule has 0 atom stereocenters. The molecule has 1 aliphatic rings. The molecule has 0 bridgehead atoms. The number of urea groups is 1. The standard InChI is InChI=1S/C19H27N5O/c1-14-17(15(2)24(23-14)18-10-6-7-12-20-18)11-13-21-19(25)22-16-8-4-3-5-9-16/h6-7,10,12,16H,3-5,8-9,11,13H2,1-2H3,(H2,21,22,25). The minimum atomic E-state index is -0.0562. The van der Waals surface area contributed by atoms with Gasteiger partial charge in [0.1, 0.15) is 0 Å². The van der Waals surface area contributed by atoms with Crippen LogP contribution in [0.25, 0.3) is 5.82 Å². The fourth-order valence-corrected chi connectivity index (χ4v) is 3.52. The van der Waals surface area contributed by atoms with Crippen molar-refractivity contribution in [1.82, 2.24) is 25.4 Å². The molecule has 0 unspecified atom stereocenters. The Morgan fingerprint density at radius 3 is 2.76 bits per heavy atom. The molecule has 2 heterocycles. The van der Waals surface area contributed by atoms with E-state index in [4.69, 9.17) is 0 Å². The van der Waals surface area contributed by atoms with Crippen LogP contribution >= 0.6 is 0 Å². The van der Waals surface area contributed by atoms with Crippen LogP contribution in [-0.4, -0.2) is 33.4 Å². The van der Waals surface area contributed by atoms with Gasteiger partial charge in [0.05, 0.1) is 5.69 Å². The van der Waals surface area contributed by atoms with Gasteiger partial charge in [-0.05, 0) is 50.8 Å². The molecule has 2 aromatic heterocycles. The Hall–Kier alpha value is -2.37. The van der Waals surface area contributed by atoms with Crippen LogP contribution in [0.4, 0.5) is 4.79 Å². The smallest absolute Gasteiger partial charge is 0.315 e. The van der Waals surface area contributed by atoms with Gasteiger partial charge in [0, 0.05) is 24.5 Å². The number of hydrogen-bond acceptors (Lipinski definition) is 3. The van der Waals surface area contributed by atoms with Crippen LogP contribution in [0.5, 0.6) is 0 Å². The Morgan fingerprint density at radius 2 is 2.04 bits per heavy atom. The monoisotopic (exact) mass is 341 g/mol. The van der Waals surface area contributed by atoms with E-state index in [0.717, 1.165) is 36.5 Å². The Morgan fingerprint density at radius 1 is 1.24 bits per heavy atom. The first kappa shape index (κ1) is 17.5. The van der Waals surface area contributed by atoms with Crippen LogP contribution in [0.15, 0.2) is 24.4 Å². The summed E-state index contributed by atoms with van der Waals surface area (Å²) in [5.41, 5.74) is 3.23. The molecule has 1 saturated carbocycles. The van der Waals surface area contributed by atoms with Crippen LogP contribution in [0.1, 0.15) is 49.1 Å². The van der Waals surface area contributed by atoms with Gasteiger partial charge in [-0.25, -0.2) is 14.5 Å². The molecule has 6 nitrogen and oxygen atoms in total. The van der Waals surface area contributed by atoms with Crippen molar-refractivity contribution in [2.45, 2.75) is 58.4 Å². The van der Waals surface area contributed by atoms with E-state index >= 15 is 0 Å². The van der Waals surface area contributed by atoms with Gasteiger partial charge in [-0.2, -0.15) is 5.10 Å². The number of hydrogen-bond donors (Lipinski definition) is 2. The summed E-state index contributed by atoms with van der Waals surface area (Å²) in [7, 11) is 0. The zero-order valence-corrected chi connectivity index (χ0v) is 15.1. The second-order valence-corrected chi connectivity index (χ2v) is 6.73. The molecule has 2 amide bonds. The molecule has 0 spiro atoms. The number of carbonyl (C=O) groups is 1. The van der Waals surface area contributed by atoms with Crippen molar-refractivity contribution in [2.75, 3.05) is 6.54 Å². The topological polar surface area (TPSA) is 71.8 Å². The van der Waals surface area contributed by atoms with Gasteiger partial charge in [0.25, 0.3) is 0 Å². The molecule has 1 fully saturated rings. The van der Waals surface area contributed by atoms with Gasteiger partial charge in [0.2, 0.25) is 0 Å². The molecule has 0 saturated heterocycles. The van der Waals surface area contributed by atoms with Gasteiger partial charge >= 0.3 is 6.03 Å². The van der Waals surface area contributed by atoms with E-state index in [0.29, 0.717) is 12.6 Å². The molecule has 0 aliphatic heterocycles. The lowest BCUT2D eigenvalue weighted by Crippen LogP contribution is -2.43. The lowest BCUT2D eigenvalue weighted by Gasteiger charge is -2.22. The third-order valence-electron chi connectivity index (χ3n) is 4.91. The average molecular weight is 341 g/mol. The molecule has 0 radical (unpaired) electrons. The lowest BCUT2D eigenvalue weighted by molar-refractivity contribution is 0.233. The third-order valence-corrected chi connectivity index (χ3v) is 4.91. The van der Waals surface area contributed by atoms with Crippen LogP contribution < -0.4 is 10.6 Å². The van der Waals surface area contributed by atoms with Crippen LogP contribution in [-0.2, 0) is 6.42 Å². The maximum Gasteiger partial charge on any atom is 0.315 e. The van der Waals surface area contributed by atoms with Gasteiger partial charge in [-0.15, -0.1) is 0 Å². The number of carbonyl (C=O) groups excluding carboxylic acids is 1. The highest BCUT2D eigenvalue weighted by molar-refractivity contribution is 5.74. The van der Waals surface area contributed by atoms with Crippen molar-refractivity contribution in [3.63, 3.8) is 0 Å². The van der Waals surface area contributed by atoms with E-state index in [1.165, 1.54) is 24.8 Å². The SMILES string of the molecule is Cc1nn(-c2ccccn2)c(C)c1CCNC(=O)NC1CCCCC1. The zero-order valence-electron chi connectivity index (χ0n) is 15.1. The van der Waals surface area contributed by atoms with Crippen LogP contribution in [0, 0.1) is 13.8 Å². The second-order valence-electron chi connectivity index (χ2n) is 6.73. The van der Waals surface area contributed by atoms with E-state index in [9.17, 15) is 4.79 Å². The number of rotatable bonds is 5. The summed E-state index contributed by atoms with van der Waals surface area (Å²) in [6, 6.07) is 6.07. The molecule has 0 aromatic carbocycles. The largest absolute Gasteiger partial charge is 0.338 e. The highest BCUT2D eigenvalue weighted by Crippen LogP contribution is 2.18. The molecule has 6 heteroatoms. The van der Waals surface area contributed by atoms with E-state index in [1.807, 2.05) is 36.7 Å². The maximum atomic E-state index is 12.0. The van der Waals surface area contributed by atoms with Crippen molar-refractivity contribution >= 4 is 6.03 Å². The maximum absolute atomic E-state index is 12.0. The van der Waals surface area contributed by atoms with Gasteiger partial charge in [-0.1, -0.05) is 25.3 Å². The molecule has 25 heavy (non-hydrogen) atoms. The number of aryl methyl sites for hydroxylation is 1. The molecule has 2 aromatic rings. The predicted molar refractivity (Wildman–Crippen MR) is 97.9 cm³/mol. The van der Waals surface area contributed by atoms with Crippen molar-refractivity contribution in [1.29, 1.82) is 0 Å². The summed E-state index contributed by atoms with van der Waals surface area (Å²) in [6.07, 6.45) is 8.46. The Bertz CT molecular complexity index is 704. The number of pyridine rings is 1. The van der Waals surface area contributed by atoms with Crippen LogP contribution in [0.3, 0.4) is 0 Å². The first-order valence-corrected chi connectivity index (χ1v) is 9.16. The van der Waals surface area contributed by atoms with Gasteiger partial charge < -0.3 is 10.6 Å². The lowest BCUT2D eigenvalue weighted by atomic mass is 9.96. The van der Waals surface area contributed by atoms with Crippen LogP contribution in [0.2, 0.25) is 0 Å². The fraction of sp³-hybridized carbons (Fsp3) is 0.526. The van der Waals surface area contributed by atoms with Crippen molar-refractivity contribution in [3.8, 4) is 5.82 Å². The summed E-state index contributed by atoms with van der Waals surface area (Å²) in [5.74, 6) is 0.817. The molecule has 2 N–H and O–H groups in total. The highest BCUT2D eigenvalue weighted by atomic mass is 16.2. The summed E-state index contributed by atoms with van der Waals surface area (Å²) >= 11 is 0. The van der Waals surface area contributed by atoms with E-state index in [2.05, 4.69) is 20.7 Å². The quantitative estimate of drug-likeness (QED) is 0.878. The first-order chi connectivity index (χ1) is 12.1. The van der Waals surface area contributed by atoms with Crippen molar-refractivity contribution in [2.24, 2.45) is 0 Å². The second kappa shape index (κ2) is 8.14. The third kappa shape index (κ3) is 4.38. The normalized spacial score (nSPS) is 15.1. The zero-order chi connectivity index (χ0) is 17.6. The summed E-state index contributed by atoms with van der Waals surface area (Å²) in [4.78, 5) is 16.4. The molecule has 1 aliphatic carbocycles. The van der Waals surface area contributed by atoms with Gasteiger partial charge in [0.15, 0.2) is 5.82 Å². The summed E-state index contributed by atoms with van der Waals surface area (Å²) in [6.45, 7) is 4.66. The minimum absolute atomic E-state index is 0.0562. The summed E-state index contributed by atoms with van der Waals surface area (Å²) < 4.78 is 1.87. The first-order valence-electron chi connectivity index (χ1n) is 9.16. The molecule has 134 valence electrons. The minimum Gasteiger partial charge on any atom is -0.338 e. The Balaban J connectivity index is 1.55. The number of aromatic nitrogens is 3. The molecule has 3 rings (SSSR count). The number of nitrogens with zero attached hydrogens (tertiary/aromatic N) is 3. The van der Waals surface area contributed by atoms with Gasteiger partial charge in [-0.3, -0.25) is 0 Å². The molecular weight excluding hydrogens is 314 g/mol. The van der Waals surface area contributed by atoms with E-state index < -0.39 is 0 Å². The van der Waals surface area contributed by atoms with Crippen molar-refractivity contribution < 1.29 is 4.79 Å². The van der Waals surface area contributed by atoms with E-state index in [1.54, 1.807) is 6.20 Å². The van der Waals surface area contributed by atoms with E-state index in [-0.39, 0.29) is 6.03 Å².